The second kappa shape index (κ2) is 6.64. The van der Waals surface area contributed by atoms with Gasteiger partial charge in [-0.2, -0.15) is 0 Å². The monoisotopic (exact) mass is 220 g/mol. The normalized spacial score (nSPS) is 14.8. The van der Waals surface area contributed by atoms with Crippen molar-refractivity contribution in [2.24, 2.45) is 5.92 Å². The number of hydrogen-bond donors (Lipinski definition) is 1. The Hall–Kier alpha value is -0.890. The van der Waals surface area contributed by atoms with E-state index in [9.17, 15) is 0 Å². The van der Waals surface area contributed by atoms with Gasteiger partial charge in [0.05, 0.1) is 0 Å². The SMILES string of the molecule is CCCC(C)C(NCC)c1cnccc1C. The molecule has 90 valence electrons. The zero-order valence-electron chi connectivity index (χ0n) is 11.0. The van der Waals surface area contributed by atoms with Crippen molar-refractivity contribution in [2.75, 3.05) is 6.54 Å². The van der Waals surface area contributed by atoms with Gasteiger partial charge in [-0.3, -0.25) is 4.98 Å². The molecule has 1 aromatic rings. The van der Waals surface area contributed by atoms with Gasteiger partial charge in [-0.25, -0.2) is 0 Å². The lowest BCUT2D eigenvalue weighted by Crippen LogP contribution is -2.27. The largest absolute Gasteiger partial charge is 0.310 e. The van der Waals surface area contributed by atoms with Crippen molar-refractivity contribution in [2.45, 2.75) is 46.6 Å². The molecule has 1 aromatic heterocycles. The fourth-order valence-corrected chi connectivity index (χ4v) is 2.26. The summed E-state index contributed by atoms with van der Waals surface area (Å²) in [7, 11) is 0. The highest BCUT2D eigenvalue weighted by Gasteiger charge is 2.19. The average molecular weight is 220 g/mol. The van der Waals surface area contributed by atoms with Crippen LogP contribution in [-0.2, 0) is 0 Å². The predicted octanol–water partition coefficient (Wildman–Crippen LogP) is 3.48. The number of aromatic nitrogens is 1. The fourth-order valence-electron chi connectivity index (χ4n) is 2.26. The van der Waals surface area contributed by atoms with Crippen molar-refractivity contribution in [1.29, 1.82) is 0 Å². The molecule has 0 spiro atoms. The molecule has 0 fully saturated rings. The average Bonchev–Trinajstić information content (AvgIpc) is 2.27. The number of aryl methyl sites for hydroxylation is 1. The van der Waals surface area contributed by atoms with Crippen LogP contribution in [0.5, 0.6) is 0 Å². The number of pyridine rings is 1. The van der Waals surface area contributed by atoms with E-state index in [-0.39, 0.29) is 0 Å². The van der Waals surface area contributed by atoms with Crippen molar-refractivity contribution in [3.8, 4) is 0 Å². The lowest BCUT2D eigenvalue weighted by atomic mass is 9.90. The van der Waals surface area contributed by atoms with E-state index in [4.69, 9.17) is 0 Å². The van der Waals surface area contributed by atoms with Crippen LogP contribution in [0.25, 0.3) is 0 Å². The molecule has 0 aromatic carbocycles. The van der Waals surface area contributed by atoms with Crippen molar-refractivity contribution in [1.82, 2.24) is 10.3 Å². The van der Waals surface area contributed by atoms with Crippen molar-refractivity contribution in [3.63, 3.8) is 0 Å². The first-order valence-corrected chi connectivity index (χ1v) is 6.34. The molecule has 0 saturated heterocycles. The Morgan fingerprint density at radius 2 is 2.12 bits per heavy atom. The summed E-state index contributed by atoms with van der Waals surface area (Å²) >= 11 is 0. The second-order valence-electron chi connectivity index (χ2n) is 4.53. The van der Waals surface area contributed by atoms with Crippen LogP contribution in [-0.4, -0.2) is 11.5 Å². The molecule has 0 radical (unpaired) electrons. The summed E-state index contributed by atoms with van der Waals surface area (Å²) in [5.74, 6) is 0.660. The van der Waals surface area contributed by atoms with Crippen LogP contribution < -0.4 is 5.32 Å². The van der Waals surface area contributed by atoms with Crippen LogP contribution in [0, 0.1) is 12.8 Å². The quantitative estimate of drug-likeness (QED) is 0.794. The number of hydrogen-bond acceptors (Lipinski definition) is 2. The molecule has 0 aliphatic heterocycles. The minimum atomic E-state index is 0.443. The Kier molecular flexibility index (Phi) is 5.47. The molecule has 0 aliphatic carbocycles. The van der Waals surface area contributed by atoms with Gasteiger partial charge < -0.3 is 5.32 Å². The van der Waals surface area contributed by atoms with E-state index in [0.29, 0.717) is 12.0 Å². The third-order valence-electron chi connectivity index (χ3n) is 3.15. The predicted molar refractivity (Wildman–Crippen MR) is 69.5 cm³/mol. The minimum absolute atomic E-state index is 0.443. The van der Waals surface area contributed by atoms with Gasteiger partial charge in [-0.15, -0.1) is 0 Å². The first-order valence-electron chi connectivity index (χ1n) is 6.34. The van der Waals surface area contributed by atoms with Gasteiger partial charge in [-0.1, -0.05) is 27.2 Å². The summed E-state index contributed by atoms with van der Waals surface area (Å²) in [6.45, 7) is 9.91. The van der Waals surface area contributed by atoms with Crippen molar-refractivity contribution >= 4 is 0 Å². The maximum atomic E-state index is 4.25. The van der Waals surface area contributed by atoms with E-state index < -0.39 is 0 Å². The Morgan fingerprint density at radius 1 is 1.38 bits per heavy atom. The van der Waals surface area contributed by atoms with Gasteiger partial charge in [0.1, 0.15) is 0 Å². The summed E-state index contributed by atoms with van der Waals surface area (Å²) < 4.78 is 0. The van der Waals surface area contributed by atoms with E-state index in [2.05, 4.69) is 44.1 Å². The Morgan fingerprint density at radius 3 is 2.69 bits per heavy atom. The fraction of sp³-hybridized carbons (Fsp3) is 0.643. The lowest BCUT2D eigenvalue weighted by molar-refractivity contribution is 0.367. The second-order valence-corrected chi connectivity index (χ2v) is 4.53. The van der Waals surface area contributed by atoms with E-state index in [1.54, 1.807) is 0 Å². The summed E-state index contributed by atoms with van der Waals surface area (Å²) in [5, 5.41) is 3.58. The van der Waals surface area contributed by atoms with Crippen molar-refractivity contribution < 1.29 is 0 Å². The molecule has 0 amide bonds. The van der Waals surface area contributed by atoms with Gasteiger partial charge in [0.15, 0.2) is 0 Å². The minimum Gasteiger partial charge on any atom is -0.310 e. The summed E-state index contributed by atoms with van der Waals surface area (Å²) in [4.78, 5) is 4.25. The molecular formula is C14H24N2. The molecule has 0 aliphatic rings. The van der Waals surface area contributed by atoms with Crippen LogP contribution in [0.2, 0.25) is 0 Å². The van der Waals surface area contributed by atoms with Crippen LogP contribution in [0.3, 0.4) is 0 Å². The van der Waals surface area contributed by atoms with Crippen molar-refractivity contribution in [3.05, 3.63) is 29.6 Å². The van der Waals surface area contributed by atoms with E-state index in [1.165, 1.54) is 24.0 Å². The molecule has 0 saturated carbocycles. The molecule has 16 heavy (non-hydrogen) atoms. The Bertz CT molecular complexity index is 309. The first kappa shape index (κ1) is 13.2. The van der Waals surface area contributed by atoms with Gasteiger partial charge in [0, 0.05) is 18.4 Å². The number of rotatable bonds is 6. The highest BCUT2D eigenvalue weighted by molar-refractivity contribution is 5.25. The third-order valence-corrected chi connectivity index (χ3v) is 3.15. The first-order chi connectivity index (χ1) is 7.70. The molecule has 1 heterocycles. The summed E-state index contributed by atoms with van der Waals surface area (Å²) in [6.07, 6.45) is 6.37. The third kappa shape index (κ3) is 3.31. The highest BCUT2D eigenvalue weighted by Crippen LogP contribution is 2.26. The zero-order valence-corrected chi connectivity index (χ0v) is 11.0. The zero-order chi connectivity index (χ0) is 12.0. The van der Waals surface area contributed by atoms with Crippen LogP contribution in [0.1, 0.15) is 50.8 Å². The summed E-state index contributed by atoms with van der Waals surface area (Å²) in [6, 6.07) is 2.54. The van der Waals surface area contributed by atoms with Crippen LogP contribution in [0.15, 0.2) is 18.5 Å². The van der Waals surface area contributed by atoms with Crippen LogP contribution >= 0.6 is 0 Å². The standard InChI is InChI=1S/C14H24N2/c1-5-7-12(4)14(16-6-2)13-10-15-9-8-11(13)3/h8-10,12,14,16H,5-7H2,1-4H3. The van der Waals surface area contributed by atoms with E-state index in [0.717, 1.165) is 6.54 Å². The molecule has 2 heteroatoms. The molecule has 2 nitrogen and oxygen atoms in total. The molecule has 2 atom stereocenters. The molecule has 2 unspecified atom stereocenters. The molecule has 1 rings (SSSR count). The van der Waals surface area contributed by atoms with E-state index in [1.807, 2.05) is 12.4 Å². The van der Waals surface area contributed by atoms with E-state index >= 15 is 0 Å². The maximum absolute atomic E-state index is 4.25. The Balaban J connectivity index is 2.88. The Labute approximate surface area is 99.5 Å². The maximum Gasteiger partial charge on any atom is 0.0363 e. The summed E-state index contributed by atoms with van der Waals surface area (Å²) in [5.41, 5.74) is 2.69. The lowest BCUT2D eigenvalue weighted by Gasteiger charge is -2.26. The topological polar surface area (TPSA) is 24.9 Å². The smallest absolute Gasteiger partial charge is 0.0363 e. The molecule has 1 N–H and O–H groups in total. The van der Waals surface area contributed by atoms with Gasteiger partial charge >= 0.3 is 0 Å². The number of nitrogens with zero attached hydrogens (tertiary/aromatic N) is 1. The van der Waals surface area contributed by atoms with Crippen LogP contribution in [0.4, 0.5) is 0 Å². The van der Waals surface area contributed by atoms with Gasteiger partial charge in [-0.05, 0) is 43.0 Å². The van der Waals surface area contributed by atoms with Gasteiger partial charge in [0.2, 0.25) is 0 Å². The van der Waals surface area contributed by atoms with Gasteiger partial charge in [0.25, 0.3) is 0 Å². The molecular weight excluding hydrogens is 196 g/mol. The molecule has 0 bridgehead atoms. The number of nitrogens with one attached hydrogen (secondary N) is 1. The highest BCUT2D eigenvalue weighted by atomic mass is 14.9.